The summed E-state index contributed by atoms with van der Waals surface area (Å²) in [5.41, 5.74) is 4.10. The van der Waals surface area contributed by atoms with Gasteiger partial charge in [0.25, 0.3) is 0 Å². The number of hydrogen-bond donors (Lipinski definition) is 1. The Labute approximate surface area is 132 Å². The molecule has 118 valence electrons. The van der Waals surface area contributed by atoms with Crippen LogP contribution in [0.1, 0.15) is 50.5 Å². The van der Waals surface area contributed by atoms with Gasteiger partial charge in [0.05, 0.1) is 13.3 Å². The molecule has 1 atom stereocenters. The highest BCUT2D eigenvalue weighted by Crippen LogP contribution is 2.47. The first-order valence-electron chi connectivity index (χ1n) is 8.39. The van der Waals surface area contributed by atoms with Gasteiger partial charge in [-0.3, -0.25) is 0 Å². The highest BCUT2D eigenvalue weighted by molar-refractivity contribution is 5.88. The highest BCUT2D eigenvalue weighted by Gasteiger charge is 2.31. The number of ether oxygens (including phenoxy) is 1. The summed E-state index contributed by atoms with van der Waals surface area (Å²) in [7, 11) is 1.73. The molecule has 1 aromatic carbocycles. The Morgan fingerprint density at radius 2 is 1.91 bits per heavy atom. The highest BCUT2D eigenvalue weighted by atomic mass is 16.5. The fourth-order valence-electron chi connectivity index (χ4n) is 4.17. The van der Waals surface area contributed by atoms with E-state index in [-0.39, 0.29) is 5.92 Å². The van der Waals surface area contributed by atoms with Gasteiger partial charge in [0.1, 0.15) is 5.75 Å². The van der Waals surface area contributed by atoms with Crippen molar-refractivity contribution in [1.29, 1.82) is 0 Å². The Kier molecular flexibility index (Phi) is 4.81. The van der Waals surface area contributed by atoms with Crippen molar-refractivity contribution in [1.82, 2.24) is 0 Å². The number of methoxy groups -OCH3 is 1. The second kappa shape index (κ2) is 6.99. The van der Waals surface area contributed by atoms with Crippen molar-refractivity contribution in [3.8, 4) is 5.75 Å². The predicted molar refractivity (Wildman–Crippen MR) is 89.5 cm³/mol. The number of rotatable bonds is 4. The third kappa shape index (κ3) is 2.90. The third-order valence-electron chi connectivity index (χ3n) is 5.18. The zero-order valence-corrected chi connectivity index (χ0v) is 13.3. The van der Waals surface area contributed by atoms with Gasteiger partial charge in [-0.05, 0) is 43.2 Å². The van der Waals surface area contributed by atoms with Crippen LogP contribution in [0.4, 0.5) is 0 Å². The molecule has 0 amide bonds. The van der Waals surface area contributed by atoms with E-state index in [4.69, 9.17) is 9.94 Å². The summed E-state index contributed by atoms with van der Waals surface area (Å²) in [5.74, 6) is 1.83. The first kappa shape index (κ1) is 15.1. The zero-order chi connectivity index (χ0) is 15.4. The molecular weight excluding hydrogens is 274 g/mol. The molecule has 1 fully saturated rings. The number of hydrogen-bond acceptors (Lipinski definition) is 3. The SMILES string of the molecule is COc1ccccc1C1=C(C2CCCCC2)CCC1C=NO. The topological polar surface area (TPSA) is 41.8 Å². The van der Waals surface area contributed by atoms with E-state index in [9.17, 15) is 0 Å². The average molecular weight is 299 g/mol. The smallest absolute Gasteiger partial charge is 0.126 e. The minimum absolute atomic E-state index is 0.207. The molecule has 0 bridgehead atoms. The van der Waals surface area contributed by atoms with Crippen molar-refractivity contribution in [2.75, 3.05) is 7.11 Å². The van der Waals surface area contributed by atoms with Crippen LogP contribution in [-0.4, -0.2) is 18.5 Å². The van der Waals surface area contributed by atoms with Gasteiger partial charge in [-0.2, -0.15) is 0 Å². The summed E-state index contributed by atoms with van der Waals surface area (Å²) in [5, 5.41) is 12.4. The summed E-state index contributed by atoms with van der Waals surface area (Å²) in [4.78, 5) is 0. The van der Waals surface area contributed by atoms with Crippen LogP contribution in [0.3, 0.4) is 0 Å². The van der Waals surface area contributed by atoms with E-state index in [1.807, 2.05) is 12.1 Å². The van der Waals surface area contributed by atoms with Crippen LogP contribution >= 0.6 is 0 Å². The van der Waals surface area contributed by atoms with Crippen molar-refractivity contribution in [2.45, 2.75) is 44.9 Å². The number of allylic oxidation sites excluding steroid dienone is 2. The molecule has 0 spiro atoms. The molecule has 1 saturated carbocycles. The molecule has 3 heteroatoms. The van der Waals surface area contributed by atoms with Crippen LogP contribution in [0.5, 0.6) is 5.75 Å². The van der Waals surface area contributed by atoms with E-state index < -0.39 is 0 Å². The van der Waals surface area contributed by atoms with E-state index >= 15 is 0 Å². The molecule has 0 radical (unpaired) electrons. The van der Waals surface area contributed by atoms with Gasteiger partial charge >= 0.3 is 0 Å². The maximum Gasteiger partial charge on any atom is 0.126 e. The molecule has 1 aromatic rings. The Balaban J connectivity index is 2.05. The molecule has 0 aliphatic heterocycles. The minimum Gasteiger partial charge on any atom is -0.496 e. The fourth-order valence-corrected chi connectivity index (χ4v) is 4.17. The third-order valence-corrected chi connectivity index (χ3v) is 5.18. The predicted octanol–water partition coefficient (Wildman–Crippen LogP) is 4.90. The monoisotopic (exact) mass is 299 g/mol. The molecule has 0 heterocycles. The summed E-state index contributed by atoms with van der Waals surface area (Å²) in [6.07, 6.45) is 10.5. The summed E-state index contributed by atoms with van der Waals surface area (Å²) in [6, 6.07) is 8.23. The van der Waals surface area contributed by atoms with E-state index in [1.165, 1.54) is 43.2 Å². The van der Waals surface area contributed by atoms with Gasteiger partial charge in [-0.15, -0.1) is 5.16 Å². The standard InChI is InChI=1S/C19H25NO2/c1-22-18-10-6-5-9-17(18)19-15(13-20-21)11-12-16(19)14-7-3-2-4-8-14/h5-6,9-10,13-15,21H,2-4,7-8,11-12H2,1H3. The minimum atomic E-state index is 0.207. The molecule has 0 aromatic heterocycles. The lowest BCUT2D eigenvalue weighted by Crippen LogP contribution is -2.10. The van der Waals surface area contributed by atoms with Crippen molar-refractivity contribution in [3.05, 3.63) is 35.4 Å². The molecule has 1 N–H and O–H groups in total. The Hall–Kier alpha value is -1.77. The van der Waals surface area contributed by atoms with Crippen LogP contribution in [-0.2, 0) is 0 Å². The quantitative estimate of drug-likeness (QED) is 0.488. The second-order valence-electron chi connectivity index (χ2n) is 6.38. The molecular formula is C19H25NO2. The van der Waals surface area contributed by atoms with E-state index in [1.54, 1.807) is 18.9 Å². The molecule has 2 aliphatic rings. The summed E-state index contributed by atoms with van der Waals surface area (Å²) >= 11 is 0. The molecule has 22 heavy (non-hydrogen) atoms. The van der Waals surface area contributed by atoms with Crippen molar-refractivity contribution >= 4 is 11.8 Å². The van der Waals surface area contributed by atoms with Crippen LogP contribution in [0.25, 0.3) is 5.57 Å². The first-order chi connectivity index (χ1) is 10.8. The number of para-hydroxylation sites is 1. The first-order valence-corrected chi connectivity index (χ1v) is 8.39. The van der Waals surface area contributed by atoms with Gasteiger partial charge in [0, 0.05) is 11.5 Å². The summed E-state index contributed by atoms with van der Waals surface area (Å²) < 4.78 is 5.58. The van der Waals surface area contributed by atoms with Gasteiger partial charge in [-0.25, -0.2) is 0 Å². The number of benzene rings is 1. The maximum absolute atomic E-state index is 9.03. The Morgan fingerprint density at radius 3 is 2.64 bits per heavy atom. The molecule has 1 unspecified atom stereocenters. The Morgan fingerprint density at radius 1 is 1.14 bits per heavy atom. The average Bonchev–Trinajstić information content (AvgIpc) is 2.99. The number of oxime groups is 1. The summed E-state index contributed by atoms with van der Waals surface area (Å²) in [6.45, 7) is 0. The molecule has 2 aliphatic carbocycles. The van der Waals surface area contributed by atoms with Gasteiger partial charge in [0.15, 0.2) is 0 Å². The molecule has 0 saturated heterocycles. The van der Waals surface area contributed by atoms with Crippen LogP contribution in [0, 0.1) is 11.8 Å². The second-order valence-corrected chi connectivity index (χ2v) is 6.38. The largest absolute Gasteiger partial charge is 0.496 e. The van der Waals surface area contributed by atoms with Crippen LogP contribution in [0.2, 0.25) is 0 Å². The lowest BCUT2D eigenvalue weighted by atomic mass is 9.80. The number of nitrogens with zero attached hydrogens (tertiary/aromatic N) is 1. The lowest BCUT2D eigenvalue weighted by Gasteiger charge is -2.25. The van der Waals surface area contributed by atoms with Gasteiger partial charge in [0.2, 0.25) is 0 Å². The van der Waals surface area contributed by atoms with Crippen LogP contribution < -0.4 is 4.74 Å². The van der Waals surface area contributed by atoms with E-state index in [0.717, 1.165) is 18.6 Å². The zero-order valence-electron chi connectivity index (χ0n) is 13.3. The van der Waals surface area contributed by atoms with Gasteiger partial charge in [-0.1, -0.05) is 43.0 Å². The van der Waals surface area contributed by atoms with E-state index in [0.29, 0.717) is 5.92 Å². The lowest BCUT2D eigenvalue weighted by molar-refractivity contribution is 0.319. The normalized spacial score (nSPS) is 23.4. The molecule has 3 nitrogen and oxygen atoms in total. The fraction of sp³-hybridized carbons (Fsp3) is 0.526. The van der Waals surface area contributed by atoms with Gasteiger partial charge < -0.3 is 9.94 Å². The maximum atomic E-state index is 9.03. The van der Waals surface area contributed by atoms with Crippen molar-refractivity contribution < 1.29 is 9.94 Å². The van der Waals surface area contributed by atoms with Crippen molar-refractivity contribution in [2.24, 2.45) is 17.0 Å². The molecule has 3 rings (SSSR count). The Bertz CT molecular complexity index is 571. The van der Waals surface area contributed by atoms with Crippen LogP contribution in [0.15, 0.2) is 35.0 Å². The van der Waals surface area contributed by atoms with Crippen molar-refractivity contribution in [3.63, 3.8) is 0 Å². The van der Waals surface area contributed by atoms with E-state index in [2.05, 4.69) is 17.3 Å².